The van der Waals surface area contributed by atoms with Gasteiger partial charge in [0.05, 0.1) is 0 Å². The molecular weight excluding hydrogens is 310 g/mol. The van der Waals surface area contributed by atoms with Crippen molar-refractivity contribution in [2.75, 3.05) is 6.54 Å². The first-order valence-corrected chi connectivity index (χ1v) is 8.24. The first kappa shape index (κ1) is 18.4. The van der Waals surface area contributed by atoms with Gasteiger partial charge in [0.1, 0.15) is 11.1 Å². The Morgan fingerprint density at radius 3 is 2.29 bits per heavy atom. The van der Waals surface area contributed by atoms with E-state index in [1.165, 1.54) is 4.90 Å². The largest absolute Gasteiger partial charge is 0.444 e. The Morgan fingerprint density at radius 1 is 1.17 bits per heavy atom. The number of carbonyl (C=O) groups is 2. The highest BCUT2D eigenvalue weighted by atomic mass is 16.6. The Hall–Kier alpha value is -1.92. The van der Waals surface area contributed by atoms with Crippen LogP contribution in [0.25, 0.3) is 0 Å². The Balaban J connectivity index is 2.26. The maximum absolute atomic E-state index is 12.9. The van der Waals surface area contributed by atoms with Crippen molar-refractivity contribution in [3.8, 4) is 0 Å². The second kappa shape index (κ2) is 5.86. The van der Waals surface area contributed by atoms with Crippen molar-refractivity contribution in [1.82, 2.24) is 15.1 Å². The zero-order valence-electron chi connectivity index (χ0n) is 15.6. The number of amides is 1. The second-order valence-corrected chi connectivity index (χ2v) is 8.50. The fourth-order valence-corrected chi connectivity index (χ4v) is 2.66. The maximum Gasteiger partial charge on any atom is 0.411 e. The lowest BCUT2D eigenvalue weighted by molar-refractivity contribution is 0.0106. The van der Waals surface area contributed by atoms with E-state index in [9.17, 15) is 9.59 Å². The van der Waals surface area contributed by atoms with E-state index in [0.29, 0.717) is 18.9 Å². The molecule has 0 radical (unpaired) electrons. The molecule has 1 amide bonds. The number of ether oxygens (including phenoxy) is 1. The molecule has 1 aliphatic heterocycles. The summed E-state index contributed by atoms with van der Waals surface area (Å²) in [6, 6.07) is 0. The van der Waals surface area contributed by atoms with Gasteiger partial charge in [0.2, 0.25) is 11.7 Å². The fourth-order valence-electron chi connectivity index (χ4n) is 2.66. The SMILES string of the molecule is CC(C)(C)OC(=O)N1CCC[C@@]1(C)C(=O)c1nnc(C(C)(C)C)o1. The van der Waals surface area contributed by atoms with Gasteiger partial charge in [-0.05, 0) is 40.5 Å². The van der Waals surface area contributed by atoms with Crippen molar-refractivity contribution in [3.63, 3.8) is 0 Å². The van der Waals surface area contributed by atoms with Crippen LogP contribution in [0.4, 0.5) is 4.79 Å². The summed E-state index contributed by atoms with van der Waals surface area (Å²) < 4.78 is 11.0. The van der Waals surface area contributed by atoms with Crippen molar-refractivity contribution in [1.29, 1.82) is 0 Å². The lowest BCUT2D eigenvalue weighted by Gasteiger charge is -2.34. The van der Waals surface area contributed by atoms with Gasteiger partial charge >= 0.3 is 6.09 Å². The van der Waals surface area contributed by atoms with Gasteiger partial charge < -0.3 is 9.15 Å². The molecule has 7 nitrogen and oxygen atoms in total. The minimum absolute atomic E-state index is 0.0575. The van der Waals surface area contributed by atoms with Crippen LogP contribution in [-0.4, -0.2) is 44.7 Å². The number of hydrogen-bond donors (Lipinski definition) is 0. The number of nitrogens with zero attached hydrogens (tertiary/aromatic N) is 3. The highest BCUT2D eigenvalue weighted by Gasteiger charge is 2.49. The molecule has 1 aromatic heterocycles. The quantitative estimate of drug-likeness (QED) is 0.769. The van der Waals surface area contributed by atoms with Gasteiger partial charge in [-0.2, -0.15) is 0 Å². The molecule has 0 unspecified atom stereocenters. The third-order valence-electron chi connectivity index (χ3n) is 4.00. The molecule has 24 heavy (non-hydrogen) atoms. The maximum atomic E-state index is 12.9. The van der Waals surface area contributed by atoms with Crippen molar-refractivity contribution < 1.29 is 18.7 Å². The smallest absolute Gasteiger partial charge is 0.411 e. The third kappa shape index (κ3) is 3.60. The van der Waals surface area contributed by atoms with Gasteiger partial charge in [0.15, 0.2) is 0 Å². The zero-order chi connectivity index (χ0) is 18.3. The summed E-state index contributed by atoms with van der Waals surface area (Å²) in [6.45, 7) is 13.4. The van der Waals surface area contributed by atoms with Gasteiger partial charge in [-0.1, -0.05) is 20.8 Å². The van der Waals surface area contributed by atoms with Crippen LogP contribution >= 0.6 is 0 Å². The highest BCUT2D eigenvalue weighted by molar-refractivity contribution is 6.01. The minimum atomic E-state index is -1.02. The van der Waals surface area contributed by atoms with E-state index in [0.717, 1.165) is 6.42 Å². The molecular formula is C17H27N3O4. The predicted molar refractivity (Wildman–Crippen MR) is 87.9 cm³/mol. The second-order valence-electron chi connectivity index (χ2n) is 8.50. The number of likely N-dealkylation sites (tertiary alicyclic amines) is 1. The Kier molecular flexibility index (Phi) is 4.50. The summed E-state index contributed by atoms with van der Waals surface area (Å²) in [5.41, 5.74) is -1.98. The normalized spacial score (nSPS) is 21.9. The highest BCUT2D eigenvalue weighted by Crippen LogP contribution is 2.34. The molecule has 134 valence electrons. The van der Waals surface area contributed by atoms with Crippen molar-refractivity contribution in [3.05, 3.63) is 11.8 Å². The van der Waals surface area contributed by atoms with E-state index in [-0.39, 0.29) is 17.1 Å². The molecule has 1 atom stereocenters. The number of Topliss-reactive ketones (excluding diaryl/α,β-unsaturated/α-hetero) is 1. The summed E-state index contributed by atoms with van der Waals surface area (Å²) in [5.74, 6) is 0.00279. The van der Waals surface area contributed by atoms with Crippen LogP contribution in [-0.2, 0) is 10.2 Å². The van der Waals surface area contributed by atoms with Gasteiger partial charge in [-0.3, -0.25) is 9.69 Å². The van der Waals surface area contributed by atoms with Gasteiger partial charge in [0.25, 0.3) is 5.89 Å². The van der Waals surface area contributed by atoms with Crippen LogP contribution in [0.1, 0.15) is 77.9 Å². The standard InChI is InChI=1S/C17H27N3O4/c1-15(2,3)13-19-18-12(23-13)11(21)17(7)9-8-10-20(17)14(22)24-16(4,5)6/h8-10H2,1-7H3/t17-/m0/s1. The zero-order valence-corrected chi connectivity index (χ0v) is 15.6. The minimum Gasteiger partial charge on any atom is -0.444 e. The Bertz CT molecular complexity index is 639. The first-order valence-electron chi connectivity index (χ1n) is 8.24. The summed E-state index contributed by atoms with van der Waals surface area (Å²) in [7, 11) is 0. The van der Waals surface area contributed by atoms with Gasteiger partial charge in [-0.25, -0.2) is 4.79 Å². The summed E-state index contributed by atoms with van der Waals surface area (Å²) in [6.07, 6.45) is 0.770. The first-order chi connectivity index (χ1) is 10.8. The van der Waals surface area contributed by atoms with E-state index in [2.05, 4.69) is 10.2 Å². The van der Waals surface area contributed by atoms with Crippen LogP contribution in [0.3, 0.4) is 0 Å². The topological polar surface area (TPSA) is 85.5 Å². The average molecular weight is 337 g/mol. The fraction of sp³-hybridized carbons (Fsp3) is 0.765. The van der Waals surface area contributed by atoms with Crippen LogP contribution < -0.4 is 0 Å². The molecule has 1 fully saturated rings. The van der Waals surface area contributed by atoms with Crippen molar-refractivity contribution in [2.45, 2.75) is 77.9 Å². The predicted octanol–water partition coefficient (Wildman–Crippen LogP) is 3.34. The third-order valence-corrected chi connectivity index (χ3v) is 4.00. The molecule has 1 saturated heterocycles. The number of aromatic nitrogens is 2. The van der Waals surface area contributed by atoms with E-state index in [1.54, 1.807) is 27.7 Å². The Labute approximate surface area is 142 Å². The number of rotatable bonds is 2. The molecule has 2 rings (SSSR count). The molecule has 0 N–H and O–H groups in total. The summed E-state index contributed by atoms with van der Waals surface area (Å²) >= 11 is 0. The molecule has 0 aromatic carbocycles. The van der Waals surface area contributed by atoms with Crippen LogP contribution in [0.15, 0.2) is 4.42 Å². The Morgan fingerprint density at radius 2 is 1.79 bits per heavy atom. The summed E-state index contributed by atoms with van der Waals surface area (Å²) in [4.78, 5) is 26.9. The van der Waals surface area contributed by atoms with E-state index >= 15 is 0 Å². The molecule has 1 aromatic rings. The molecule has 7 heteroatoms. The van der Waals surface area contributed by atoms with E-state index < -0.39 is 17.2 Å². The number of ketones is 1. The summed E-state index contributed by atoms with van der Waals surface area (Å²) in [5, 5.41) is 7.86. The van der Waals surface area contributed by atoms with Crippen LogP contribution in [0.5, 0.6) is 0 Å². The molecule has 0 spiro atoms. The van der Waals surface area contributed by atoms with Crippen molar-refractivity contribution >= 4 is 11.9 Å². The van der Waals surface area contributed by atoms with E-state index in [4.69, 9.17) is 9.15 Å². The van der Waals surface area contributed by atoms with Crippen LogP contribution in [0, 0.1) is 0 Å². The van der Waals surface area contributed by atoms with E-state index in [1.807, 2.05) is 20.8 Å². The van der Waals surface area contributed by atoms with Crippen LogP contribution in [0.2, 0.25) is 0 Å². The molecule has 2 heterocycles. The molecule has 0 saturated carbocycles. The van der Waals surface area contributed by atoms with Gasteiger partial charge in [-0.15, -0.1) is 10.2 Å². The van der Waals surface area contributed by atoms with Gasteiger partial charge in [0, 0.05) is 12.0 Å². The lowest BCUT2D eigenvalue weighted by Crippen LogP contribution is -2.52. The number of carbonyl (C=O) groups excluding carboxylic acids is 2. The average Bonchev–Trinajstić information content (AvgIpc) is 3.02. The monoisotopic (exact) mass is 337 g/mol. The van der Waals surface area contributed by atoms with Crippen molar-refractivity contribution in [2.24, 2.45) is 0 Å². The molecule has 0 aliphatic carbocycles. The number of hydrogen-bond acceptors (Lipinski definition) is 6. The molecule has 0 bridgehead atoms. The lowest BCUT2D eigenvalue weighted by atomic mass is 9.93. The molecule has 1 aliphatic rings.